The molecule has 0 fully saturated rings. The lowest BCUT2D eigenvalue weighted by molar-refractivity contribution is -0.137. The van der Waals surface area contributed by atoms with Gasteiger partial charge in [0, 0.05) is 30.2 Å². The first-order chi connectivity index (χ1) is 11.9. The van der Waals surface area contributed by atoms with E-state index in [9.17, 15) is 18.0 Å². The lowest BCUT2D eigenvalue weighted by atomic mass is 10.1. The van der Waals surface area contributed by atoms with Crippen LogP contribution in [0.1, 0.15) is 21.5 Å². The molecule has 0 radical (unpaired) electrons. The van der Waals surface area contributed by atoms with Gasteiger partial charge in [-0.3, -0.25) is 4.79 Å². The molecule has 3 rings (SSSR count). The first-order valence-corrected chi connectivity index (χ1v) is 7.46. The summed E-state index contributed by atoms with van der Waals surface area (Å²) in [5, 5.41) is 2.62. The van der Waals surface area contributed by atoms with Gasteiger partial charge < -0.3 is 9.88 Å². The number of nitrogens with zero attached hydrogens (tertiary/aromatic N) is 2. The molecule has 25 heavy (non-hydrogen) atoms. The predicted molar refractivity (Wildman–Crippen MR) is 86.2 cm³/mol. The highest BCUT2D eigenvalue weighted by atomic mass is 19.4. The van der Waals surface area contributed by atoms with Gasteiger partial charge in [-0.25, -0.2) is 4.98 Å². The van der Waals surface area contributed by atoms with Crippen molar-refractivity contribution in [2.75, 3.05) is 0 Å². The molecule has 0 spiro atoms. The summed E-state index contributed by atoms with van der Waals surface area (Å²) in [6.07, 6.45) is 0.671. The molecule has 128 valence electrons. The number of carbonyl (C=O) groups is 1. The third-order valence-electron chi connectivity index (χ3n) is 3.64. The van der Waals surface area contributed by atoms with Gasteiger partial charge in [0.15, 0.2) is 0 Å². The Morgan fingerprint density at radius 2 is 1.88 bits per heavy atom. The van der Waals surface area contributed by atoms with Gasteiger partial charge in [-0.15, -0.1) is 0 Å². The summed E-state index contributed by atoms with van der Waals surface area (Å²) in [4.78, 5) is 16.1. The minimum absolute atomic E-state index is 0.0199. The molecule has 1 aromatic heterocycles. The van der Waals surface area contributed by atoms with Crippen molar-refractivity contribution in [3.8, 4) is 5.69 Å². The van der Waals surface area contributed by atoms with Gasteiger partial charge in [-0.2, -0.15) is 13.2 Å². The maximum Gasteiger partial charge on any atom is 0.416 e. The van der Waals surface area contributed by atoms with Gasteiger partial charge in [0.05, 0.1) is 11.9 Å². The van der Waals surface area contributed by atoms with Gasteiger partial charge in [-0.1, -0.05) is 12.1 Å². The van der Waals surface area contributed by atoms with Crippen LogP contribution in [-0.2, 0) is 12.7 Å². The minimum atomic E-state index is -4.40. The van der Waals surface area contributed by atoms with Crippen LogP contribution in [0.15, 0.2) is 67.3 Å². The van der Waals surface area contributed by atoms with E-state index in [0.29, 0.717) is 11.1 Å². The zero-order chi connectivity index (χ0) is 17.9. The van der Waals surface area contributed by atoms with E-state index in [-0.39, 0.29) is 12.5 Å². The fraction of sp³-hybridized carbons (Fsp3) is 0.111. The van der Waals surface area contributed by atoms with Crippen molar-refractivity contribution in [2.45, 2.75) is 12.7 Å². The van der Waals surface area contributed by atoms with E-state index >= 15 is 0 Å². The molecule has 2 aromatic carbocycles. The molecular weight excluding hydrogens is 331 g/mol. The van der Waals surface area contributed by atoms with Crippen molar-refractivity contribution in [2.24, 2.45) is 0 Å². The summed E-state index contributed by atoms with van der Waals surface area (Å²) < 4.78 is 39.9. The van der Waals surface area contributed by atoms with Crippen LogP contribution in [0, 0.1) is 0 Å². The zero-order valence-corrected chi connectivity index (χ0v) is 13.0. The zero-order valence-electron chi connectivity index (χ0n) is 13.0. The molecule has 0 saturated carbocycles. The summed E-state index contributed by atoms with van der Waals surface area (Å²) in [6, 6.07) is 11.7. The second kappa shape index (κ2) is 6.80. The molecule has 0 unspecified atom stereocenters. The molecule has 7 heteroatoms. The van der Waals surface area contributed by atoms with Gasteiger partial charge in [0.25, 0.3) is 5.91 Å². The van der Waals surface area contributed by atoms with E-state index < -0.39 is 11.7 Å². The number of benzene rings is 2. The Morgan fingerprint density at radius 1 is 1.12 bits per heavy atom. The highest BCUT2D eigenvalue weighted by Crippen LogP contribution is 2.29. The molecule has 0 aliphatic carbocycles. The number of aromatic nitrogens is 2. The number of halogens is 3. The second-order valence-electron chi connectivity index (χ2n) is 5.40. The molecule has 4 nitrogen and oxygen atoms in total. The highest BCUT2D eigenvalue weighted by molar-refractivity contribution is 5.94. The maximum atomic E-state index is 12.7. The van der Waals surface area contributed by atoms with Crippen LogP contribution in [0.4, 0.5) is 13.2 Å². The van der Waals surface area contributed by atoms with Crippen LogP contribution in [0.5, 0.6) is 0 Å². The van der Waals surface area contributed by atoms with Crippen molar-refractivity contribution in [3.63, 3.8) is 0 Å². The third-order valence-corrected chi connectivity index (χ3v) is 3.64. The summed E-state index contributed by atoms with van der Waals surface area (Å²) in [7, 11) is 0. The van der Waals surface area contributed by atoms with Crippen molar-refractivity contribution >= 4 is 5.91 Å². The fourth-order valence-electron chi connectivity index (χ4n) is 2.34. The van der Waals surface area contributed by atoms with Crippen molar-refractivity contribution < 1.29 is 18.0 Å². The first-order valence-electron chi connectivity index (χ1n) is 7.46. The number of alkyl halides is 3. The SMILES string of the molecule is O=C(NCc1cccc(C(F)(F)F)c1)c1ccc(-n2ccnc2)cc1. The van der Waals surface area contributed by atoms with Crippen LogP contribution < -0.4 is 5.32 Å². The Bertz CT molecular complexity index is 856. The average molecular weight is 345 g/mol. The molecule has 0 aliphatic rings. The van der Waals surface area contributed by atoms with E-state index in [2.05, 4.69) is 10.3 Å². The number of imidazole rings is 1. The molecular formula is C18H14F3N3O. The number of rotatable bonds is 4. The van der Waals surface area contributed by atoms with E-state index in [1.165, 1.54) is 12.1 Å². The third kappa shape index (κ3) is 4.06. The van der Waals surface area contributed by atoms with Crippen molar-refractivity contribution in [3.05, 3.63) is 83.9 Å². The Hall–Kier alpha value is -3.09. The van der Waals surface area contributed by atoms with Crippen LogP contribution in [0.25, 0.3) is 5.69 Å². The highest BCUT2D eigenvalue weighted by Gasteiger charge is 2.30. The van der Waals surface area contributed by atoms with Crippen LogP contribution in [0.2, 0.25) is 0 Å². The number of hydrogen-bond donors (Lipinski definition) is 1. The quantitative estimate of drug-likeness (QED) is 0.781. The number of hydrogen-bond acceptors (Lipinski definition) is 2. The van der Waals surface area contributed by atoms with E-state index in [0.717, 1.165) is 17.8 Å². The number of nitrogens with one attached hydrogen (secondary N) is 1. The molecule has 1 amide bonds. The van der Waals surface area contributed by atoms with Crippen LogP contribution in [-0.4, -0.2) is 15.5 Å². The van der Waals surface area contributed by atoms with Gasteiger partial charge in [-0.05, 0) is 42.0 Å². The molecule has 0 aliphatic heterocycles. The Balaban J connectivity index is 1.65. The fourth-order valence-corrected chi connectivity index (χ4v) is 2.34. The van der Waals surface area contributed by atoms with E-state index in [4.69, 9.17) is 0 Å². The largest absolute Gasteiger partial charge is 0.416 e. The Kier molecular flexibility index (Phi) is 4.56. The molecule has 3 aromatic rings. The lowest BCUT2D eigenvalue weighted by Crippen LogP contribution is -2.23. The van der Waals surface area contributed by atoms with Crippen LogP contribution in [0.3, 0.4) is 0 Å². The second-order valence-corrected chi connectivity index (χ2v) is 5.40. The standard InChI is InChI=1S/C18H14F3N3O/c19-18(20,21)15-3-1-2-13(10-15)11-23-17(25)14-4-6-16(7-5-14)24-9-8-22-12-24/h1-10,12H,11H2,(H,23,25). The smallest absolute Gasteiger partial charge is 0.348 e. The number of carbonyl (C=O) groups excluding carboxylic acids is 1. The monoisotopic (exact) mass is 345 g/mol. The molecule has 0 bridgehead atoms. The Morgan fingerprint density at radius 3 is 2.52 bits per heavy atom. The maximum absolute atomic E-state index is 12.7. The van der Waals surface area contributed by atoms with Gasteiger partial charge in [0.2, 0.25) is 0 Å². The van der Waals surface area contributed by atoms with E-state index in [1.807, 2.05) is 0 Å². The minimum Gasteiger partial charge on any atom is -0.348 e. The average Bonchev–Trinajstić information content (AvgIpc) is 3.14. The molecule has 0 saturated heterocycles. The number of amides is 1. The summed E-state index contributed by atoms with van der Waals surface area (Å²) in [5.74, 6) is -0.352. The predicted octanol–water partition coefficient (Wildman–Crippen LogP) is 3.82. The molecule has 1 heterocycles. The Labute approximate surface area is 141 Å². The molecule has 1 N–H and O–H groups in total. The topological polar surface area (TPSA) is 46.9 Å². The lowest BCUT2D eigenvalue weighted by Gasteiger charge is -2.10. The first kappa shape index (κ1) is 16.8. The van der Waals surface area contributed by atoms with Crippen molar-refractivity contribution in [1.82, 2.24) is 14.9 Å². The summed E-state index contributed by atoms with van der Waals surface area (Å²) >= 11 is 0. The van der Waals surface area contributed by atoms with Crippen LogP contribution >= 0.6 is 0 Å². The van der Waals surface area contributed by atoms with Gasteiger partial charge >= 0.3 is 6.18 Å². The summed E-state index contributed by atoms with van der Waals surface area (Å²) in [6.45, 7) is 0.0199. The van der Waals surface area contributed by atoms with E-state index in [1.54, 1.807) is 47.6 Å². The summed E-state index contributed by atoms with van der Waals surface area (Å²) in [5.41, 5.74) is 0.935. The van der Waals surface area contributed by atoms with Gasteiger partial charge in [0.1, 0.15) is 0 Å². The van der Waals surface area contributed by atoms with Crippen molar-refractivity contribution in [1.29, 1.82) is 0 Å². The molecule has 0 atom stereocenters. The normalized spacial score (nSPS) is 11.3.